The highest BCUT2D eigenvalue weighted by Crippen LogP contribution is 2.33. The topological polar surface area (TPSA) is 47.9 Å². The van der Waals surface area contributed by atoms with E-state index in [2.05, 4.69) is 27.3 Å². The minimum atomic E-state index is 0.545. The van der Waals surface area contributed by atoms with Gasteiger partial charge in [-0.1, -0.05) is 64.7 Å². The van der Waals surface area contributed by atoms with Crippen LogP contribution in [0.1, 0.15) is 11.1 Å². The molecular weight excluding hydrogens is 382 g/mol. The first-order valence-electron chi connectivity index (χ1n) is 7.06. The van der Waals surface area contributed by atoms with E-state index in [0.29, 0.717) is 5.15 Å². The second-order valence-corrected chi connectivity index (χ2v) is 8.49. The molecule has 0 aliphatic rings. The molecule has 8 heteroatoms. The molecule has 4 nitrogen and oxygen atoms in total. The van der Waals surface area contributed by atoms with Gasteiger partial charge >= 0.3 is 0 Å². The number of nitrogens with zero attached hydrogens (tertiary/aromatic N) is 3. The fourth-order valence-corrected chi connectivity index (χ4v) is 5.07. The van der Waals surface area contributed by atoms with Gasteiger partial charge < -0.3 is 4.74 Å². The number of thioether (sulfide) groups is 2. The monoisotopic (exact) mass is 395 g/mol. The van der Waals surface area contributed by atoms with Gasteiger partial charge in [0, 0.05) is 17.7 Å². The van der Waals surface area contributed by atoms with Gasteiger partial charge in [-0.2, -0.15) is 0 Å². The number of rotatable bonds is 7. The summed E-state index contributed by atoms with van der Waals surface area (Å²) in [5.41, 5.74) is 2.24. The summed E-state index contributed by atoms with van der Waals surface area (Å²) >= 11 is 11.0. The zero-order valence-electron chi connectivity index (χ0n) is 12.8. The third-order valence-corrected chi connectivity index (χ3v) is 6.75. The maximum atomic E-state index is 6.06. The van der Waals surface area contributed by atoms with Gasteiger partial charge in [0.1, 0.15) is 10.9 Å². The van der Waals surface area contributed by atoms with Gasteiger partial charge in [-0.05, 0) is 29.3 Å². The molecule has 0 saturated carbocycles. The molecule has 0 saturated heterocycles. The second kappa shape index (κ2) is 8.71. The Balaban J connectivity index is 1.52. The van der Waals surface area contributed by atoms with Crippen LogP contribution in [0.4, 0.5) is 0 Å². The molecule has 0 unspecified atom stereocenters. The first kappa shape index (κ1) is 17.5. The Bertz CT molecular complexity index is 795. The summed E-state index contributed by atoms with van der Waals surface area (Å²) in [5.74, 6) is 2.47. The second-order valence-electron chi connectivity index (χ2n) is 4.71. The van der Waals surface area contributed by atoms with E-state index < -0.39 is 0 Å². The summed E-state index contributed by atoms with van der Waals surface area (Å²) in [6, 6.07) is 11.9. The quantitative estimate of drug-likeness (QED) is 0.405. The van der Waals surface area contributed by atoms with Crippen LogP contribution in [0.3, 0.4) is 0 Å². The lowest BCUT2D eigenvalue weighted by atomic mass is 10.2. The fraction of sp³-hybridized carbons (Fsp3) is 0.188. The van der Waals surface area contributed by atoms with E-state index in [4.69, 9.17) is 16.3 Å². The van der Waals surface area contributed by atoms with E-state index in [9.17, 15) is 0 Å². The molecule has 1 aromatic carbocycles. The van der Waals surface area contributed by atoms with Crippen LogP contribution >= 0.6 is 46.5 Å². The van der Waals surface area contributed by atoms with Crippen LogP contribution in [-0.4, -0.2) is 22.3 Å². The Morgan fingerprint density at radius 3 is 2.42 bits per heavy atom. The van der Waals surface area contributed by atoms with Gasteiger partial charge in [0.05, 0.1) is 7.11 Å². The number of hydrogen-bond acceptors (Lipinski definition) is 7. The van der Waals surface area contributed by atoms with Crippen LogP contribution in [0.15, 0.2) is 51.3 Å². The van der Waals surface area contributed by atoms with Crippen molar-refractivity contribution < 1.29 is 4.74 Å². The summed E-state index contributed by atoms with van der Waals surface area (Å²) in [6.07, 6.45) is 1.69. The maximum absolute atomic E-state index is 6.06. The Kier molecular flexibility index (Phi) is 6.37. The van der Waals surface area contributed by atoms with E-state index >= 15 is 0 Å². The Morgan fingerprint density at radius 2 is 1.75 bits per heavy atom. The number of pyridine rings is 1. The Morgan fingerprint density at radius 1 is 1.04 bits per heavy atom. The number of halogens is 1. The van der Waals surface area contributed by atoms with Gasteiger partial charge in [0.2, 0.25) is 0 Å². The first-order chi connectivity index (χ1) is 11.7. The van der Waals surface area contributed by atoms with Crippen molar-refractivity contribution in [2.45, 2.75) is 20.2 Å². The van der Waals surface area contributed by atoms with E-state index in [1.54, 1.807) is 48.2 Å². The smallest absolute Gasteiger partial charge is 0.175 e. The minimum absolute atomic E-state index is 0.545. The molecule has 2 aromatic heterocycles. The van der Waals surface area contributed by atoms with Crippen LogP contribution in [-0.2, 0) is 11.5 Å². The van der Waals surface area contributed by atoms with E-state index in [1.165, 1.54) is 5.56 Å². The van der Waals surface area contributed by atoms with Crippen molar-refractivity contribution in [2.24, 2.45) is 0 Å². The van der Waals surface area contributed by atoms with Gasteiger partial charge in [0.25, 0.3) is 0 Å². The minimum Gasteiger partial charge on any atom is -0.497 e. The highest BCUT2D eigenvalue weighted by atomic mass is 35.5. The molecule has 2 heterocycles. The predicted molar refractivity (Wildman–Crippen MR) is 101 cm³/mol. The third kappa shape index (κ3) is 4.86. The molecule has 0 spiro atoms. The van der Waals surface area contributed by atoms with Gasteiger partial charge in [-0.15, -0.1) is 10.2 Å². The summed E-state index contributed by atoms with van der Waals surface area (Å²) in [6.45, 7) is 0. The largest absolute Gasteiger partial charge is 0.497 e. The molecular formula is C16H14ClN3OS3. The lowest BCUT2D eigenvalue weighted by Gasteiger charge is -2.01. The van der Waals surface area contributed by atoms with Crippen molar-refractivity contribution >= 4 is 46.5 Å². The zero-order chi connectivity index (χ0) is 16.8. The number of methoxy groups -OCH3 is 1. The average Bonchev–Trinajstić information content (AvgIpc) is 3.08. The highest BCUT2D eigenvalue weighted by molar-refractivity contribution is 8.02. The van der Waals surface area contributed by atoms with Crippen molar-refractivity contribution in [3.8, 4) is 5.75 Å². The van der Waals surface area contributed by atoms with Crippen molar-refractivity contribution in [1.29, 1.82) is 0 Å². The van der Waals surface area contributed by atoms with Crippen LogP contribution in [0.25, 0.3) is 0 Å². The van der Waals surface area contributed by atoms with E-state index in [0.717, 1.165) is 31.5 Å². The van der Waals surface area contributed by atoms with Crippen molar-refractivity contribution in [2.75, 3.05) is 7.11 Å². The molecule has 0 amide bonds. The normalized spacial score (nSPS) is 10.8. The van der Waals surface area contributed by atoms with Crippen molar-refractivity contribution in [3.05, 3.63) is 58.9 Å². The van der Waals surface area contributed by atoms with Gasteiger partial charge in [-0.3, -0.25) is 0 Å². The van der Waals surface area contributed by atoms with Crippen LogP contribution in [0.2, 0.25) is 5.15 Å². The third-order valence-electron chi connectivity index (χ3n) is 3.10. The van der Waals surface area contributed by atoms with Gasteiger partial charge in [-0.25, -0.2) is 4.98 Å². The molecule has 24 heavy (non-hydrogen) atoms. The Hall–Kier alpha value is -1.28. The molecule has 0 N–H and O–H groups in total. The fourth-order valence-electron chi connectivity index (χ4n) is 1.85. The van der Waals surface area contributed by atoms with Crippen molar-refractivity contribution in [3.63, 3.8) is 0 Å². The number of hydrogen-bond donors (Lipinski definition) is 0. The van der Waals surface area contributed by atoms with Crippen molar-refractivity contribution in [1.82, 2.24) is 15.2 Å². The first-order valence-corrected chi connectivity index (χ1v) is 10.2. The summed E-state index contributed by atoms with van der Waals surface area (Å²) in [5, 5.41) is 9.01. The molecule has 3 aromatic rings. The number of benzene rings is 1. The van der Waals surface area contributed by atoms with E-state index in [-0.39, 0.29) is 0 Å². The lowest BCUT2D eigenvalue weighted by Crippen LogP contribution is -1.84. The Labute approximate surface area is 158 Å². The molecule has 0 radical (unpaired) electrons. The zero-order valence-corrected chi connectivity index (χ0v) is 16.0. The summed E-state index contributed by atoms with van der Waals surface area (Å²) < 4.78 is 7.06. The number of ether oxygens (including phenoxy) is 1. The van der Waals surface area contributed by atoms with Crippen LogP contribution < -0.4 is 4.74 Å². The molecule has 124 valence electrons. The molecule has 0 atom stereocenters. The molecule has 0 aliphatic carbocycles. The SMILES string of the molecule is COc1ccc(CSc2nnc(SCc3cccnc3Cl)s2)cc1. The lowest BCUT2D eigenvalue weighted by molar-refractivity contribution is 0.414. The van der Waals surface area contributed by atoms with E-state index in [1.807, 2.05) is 24.3 Å². The van der Waals surface area contributed by atoms with Gasteiger partial charge in [0.15, 0.2) is 8.68 Å². The predicted octanol–water partition coefficient (Wildman–Crippen LogP) is 5.18. The average molecular weight is 396 g/mol. The van der Waals surface area contributed by atoms with Crippen LogP contribution in [0, 0.1) is 0 Å². The molecule has 3 rings (SSSR count). The molecule has 0 aliphatic heterocycles. The molecule has 0 fully saturated rings. The summed E-state index contributed by atoms with van der Waals surface area (Å²) in [4.78, 5) is 4.08. The van der Waals surface area contributed by atoms with Crippen LogP contribution in [0.5, 0.6) is 5.75 Å². The highest BCUT2D eigenvalue weighted by Gasteiger charge is 2.08. The standard InChI is InChI=1S/C16H14ClN3OS3/c1-21-13-6-4-11(5-7-13)9-22-15-19-20-16(24-15)23-10-12-3-2-8-18-14(12)17/h2-8H,9-10H2,1H3. The molecule has 0 bridgehead atoms. The summed E-state index contributed by atoms with van der Waals surface area (Å²) in [7, 11) is 1.67. The maximum Gasteiger partial charge on any atom is 0.175 e. The number of aromatic nitrogens is 3.